The van der Waals surface area contributed by atoms with Crippen LogP contribution in [0.25, 0.3) is 0 Å². The van der Waals surface area contributed by atoms with Crippen molar-refractivity contribution in [2.45, 2.75) is 6.42 Å². The lowest BCUT2D eigenvalue weighted by Gasteiger charge is -2.23. The van der Waals surface area contributed by atoms with Crippen molar-refractivity contribution in [3.05, 3.63) is 17.8 Å². The summed E-state index contributed by atoms with van der Waals surface area (Å²) in [5.74, 6) is 0.802. The van der Waals surface area contributed by atoms with Gasteiger partial charge in [-0.3, -0.25) is 0 Å². The third kappa shape index (κ3) is 3.19. The van der Waals surface area contributed by atoms with Gasteiger partial charge in [-0.05, 0) is 38.1 Å². The minimum atomic E-state index is -0.444. The number of nitrogens with two attached hydrogens (primary N) is 1. The molecule has 110 valence electrons. The van der Waals surface area contributed by atoms with Crippen LogP contribution >= 0.6 is 0 Å². The second-order valence-electron chi connectivity index (χ2n) is 5.40. The van der Waals surface area contributed by atoms with Gasteiger partial charge < -0.3 is 20.3 Å². The molecule has 20 heavy (non-hydrogen) atoms. The summed E-state index contributed by atoms with van der Waals surface area (Å²) in [5, 5.41) is 0. The van der Waals surface area contributed by atoms with Gasteiger partial charge >= 0.3 is 5.97 Å². The first kappa shape index (κ1) is 14.6. The molecule has 0 spiro atoms. The first-order chi connectivity index (χ1) is 9.51. The van der Waals surface area contributed by atoms with E-state index in [-0.39, 0.29) is 5.69 Å². The van der Waals surface area contributed by atoms with E-state index in [1.165, 1.54) is 13.5 Å². The molecule has 0 radical (unpaired) electrons. The molecule has 0 bridgehead atoms. The van der Waals surface area contributed by atoms with Gasteiger partial charge in [0.1, 0.15) is 0 Å². The van der Waals surface area contributed by atoms with Gasteiger partial charge in [0.2, 0.25) is 0 Å². The van der Waals surface area contributed by atoms with Gasteiger partial charge in [-0.2, -0.15) is 0 Å². The molecule has 1 saturated heterocycles. The molecule has 1 atom stereocenters. The average molecular weight is 278 g/mol. The molecular formula is C14H22N4O2. The molecular weight excluding hydrogens is 256 g/mol. The van der Waals surface area contributed by atoms with Crippen molar-refractivity contribution >= 4 is 17.5 Å². The Labute approximate surface area is 119 Å². The number of methoxy groups -OCH3 is 1. The molecule has 2 heterocycles. The van der Waals surface area contributed by atoms with Crippen molar-refractivity contribution in [3.63, 3.8) is 0 Å². The SMILES string of the molecule is COC(=O)c1ccc(N)c(N(C)CC2CCN(C)C2)n1. The van der Waals surface area contributed by atoms with Crippen LogP contribution in [-0.2, 0) is 4.74 Å². The Morgan fingerprint density at radius 3 is 2.95 bits per heavy atom. The minimum absolute atomic E-state index is 0.284. The Balaban J connectivity index is 2.12. The van der Waals surface area contributed by atoms with E-state index in [4.69, 9.17) is 10.5 Å². The summed E-state index contributed by atoms with van der Waals surface area (Å²) in [6, 6.07) is 3.29. The van der Waals surface area contributed by atoms with Crippen LogP contribution in [0.15, 0.2) is 12.1 Å². The summed E-state index contributed by atoms with van der Waals surface area (Å²) >= 11 is 0. The molecule has 1 aromatic heterocycles. The Bertz CT molecular complexity index is 492. The number of hydrogen-bond acceptors (Lipinski definition) is 6. The van der Waals surface area contributed by atoms with Gasteiger partial charge in [-0.25, -0.2) is 9.78 Å². The van der Waals surface area contributed by atoms with Crippen LogP contribution < -0.4 is 10.6 Å². The van der Waals surface area contributed by atoms with Crippen molar-refractivity contribution in [1.29, 1.82) is 0 Å². The summed E-state index contributed by atoms with van der Waals surface area (Å²) in [5.41, 5.74) is 6.83. The van der Waals surface area contributed by atoms with Crippen LogP contribution in [-0.4, -0.2) is 56.7 Å². The van der Waals surface area contributed by atoms with Gasteiger partial charge in [0.05, 0.1) is 12.8 Å². The van der Waals surface area contributed by atoms with Crippen LogP contribution in [0.5, 0.6) is 0 Å². The molecule has 1 fully saturated rings. The average Bonchev–Trinajstić information content (AvgIpc) is 2.83. The Morgan fingerprint density at radius 1 is 1.60 bits per heavy atom. The molecule has 0 aliphatic carbocycles. The second-order valence-corrected chi connectivity index (χ2v) is 5.40. The summed E-state index contributed by atoms with van der Waals surface area (Å²) in [7, 11) is 5.43. The Morgan fingerprint density at radius 2 is 2.35 bits per heavy atom. The van der Waals surface area contributed by atoms with Gasteiger partial charge in [0.15, 0.2) is 11.5 Å². The topological polar surface area (TPSA) is 71.7 Å². The first-order valence-electron chi connectivity index (χ1n) is 6.75. The molecule has 0 aromatic carbocycles. The number of nitrogen functional groups attached to an aromatic ring is 1. The summed E-state index contributed by atoms with van der Waals surface area (Å²) in [6.45, 7) is 3.09. The van der Waals surface area contributed by atoms with E-state index in [0.29, 0.717) is 17.4 Å². The quantitative estimate of drug-likeness (QED) is 0.823. The summed E-state index contributed by atoms with van der Waals surface area (Å²) in [4.78, 5) is 20.2. The molecule has 1 aromatic rings. The van der Waals surface area contributed by atoms with E-state index in [9.17, 15) is 4.79 Å². The molecule has 2 rings (SSSR count). The molecule has 0 amide bonds. The van der Waals surface area contributed by atoms with Crippen LogP contribution in [0.2, 0.25) is 0 Å². The van der Waals surface area contributed by atoms with E-state index in [0.717, 1.165) is 19.6 Å². The lowest BCUT2D eigenvalue weighted by atomic mass is 10.1. The Kier molecular flexibility index (Phi) is 4.44. The normalized spacial score (nSPS) is 19.1. The number of nitrogens with zero attached hydrogens (tertiary/aromatic N) is 3. The number of ether oxygens (including phenoxy) is 1. The molecule has 1 aliphatic heterocycles. The summed E-state index contributed by atoms with van der Waals surface area (Å²) < 4.78 is 4.69. The number of carbonyl (C=O) groups is 1. The third-order valence-electron chi connectivity index (χ3n) is 3.68. The highest BCUT2D eigenvalue weighted by Crippen LogP contribution is 2.23. The number of pyridine rings is 1. The maximum atomic E-state index is 11.5. The van der Waals surface area contributed by atoms with E-state index in [1.54, 1.807) is 12.1 Å². The summed E-state index contributed by atoms with van der Waals surface area (Å²) in [6.07, 6.45) is 1.18. The Hall–Kier alpha value is -1.82. The predicted molar refractivity (Wildman–Crippen MR) is 78.9 cm³/mol. The maximum absolute atomic E-state index is 11.5. The molecule has 2 N–H and O–H groups in total. The van der Waals surface area contributed by atoms with Crippen LogP contribution in [0.3, 0.4) is 0 Å². The van der Waals surface area contributed by atoms with Crippen molar-refractivity contribution in [3.8, 4) is 0 Å². The highest BCUT2D eigenvalue weighted by atomic mass is 16.5. The van der Waals surface area contributed by atoms with Crippen molar-refractivity contribution < 1.29 is 9.53 Å². The number of rotatable bonds is 4. The van der Waals surface area contributed by atoms with E-state index < -0.39 is 5.97 Å². The number of aromatic nitrogens is 1. The third-order valence-corrected chi connectivity index (χ3v) is 3.68. The van der Waals surface area contributed by atoms with Crippen molar-refractivity contribution in [1.82, 2.24) is 9.88 Å². The fourth-order valence-electron chi connectivity index (χ4n) is 2.63. The molecule has 0 saturated carbocycles. The van der Waals surface area contributed by atoms with Crippen molar-refractivity contribution in [2.24, 2.45) is 5.92 Å². The van der Waals surface area contributed by atoms with Gasteiger partial charge in [-0.15, -0.1) is 0 Å². The number of anilines is 2. The fraction of sp³-hybridized carbons (Fsp3) is 0.571. The lowest BCUT2D eigenvalue weighted by Crippen LogP contribution is -2.29. The largest absolute Gasteiger partial charge is 0.464 e. The zero-order chi connectivity index (χ0) is 14.7. The van der Waals surface area contributed by atoms with Gasteiger partial charge in [0.25, 0.3) is 0 Å². The highest BCUT2D eigenvalue weighted by Gasteiger charge is 2.22. The zero-order valence-electron chi connectivity index (χ0n) is 12.3. The number of esters is 1. The van der Waals surface area contributed by atoms with Crippen molar-refractivity contribution in [2.75, 3.05) is 51.5 Å². The number of likely N-dealkylation sites (tertiary alicyclic amines) is 1. The minimum Gasteiger partial charge on any atom is -0.464 e. The monoisotopic (exact) mass is 278 g/mol. The molecule has 1 unspecified atom stereocenters. The van der Waals surface area contributed by atoms with Gasteiger partial charge in [0, 0.05) is 20.1 Å². The second kappa shape index (κ2) is 6.09. The molecule has 6 nitrogen and oxygen atoms in total. The molecule has 1 aliphatic rings. The maximum Gasteiger partial charge on any atom is 0.356 e. The molecule has 6 heteroatoms. The van der Waals surface area contributed by atoms with Crippen LogP contribution in [0.4, 0.5) is 11.5 Å². The lowest BCUT2D eigenvalue weighted by molar-refractivity contribution is 0.0594. The predicted octanol–water partition coefficient (Wildman–Crippen LogP) is 0.838. The number of hydrogen-bond donors (Lipinski definition) is 1. The fourth-order valence-corrected chi connectivity index (χ4v) is 2.63. The highest BCUT2D eigenvalue weighted by molar-refractivity contribution is 5.88. The van der Waals surface area contributed by atoms with E-state index in [2.05, 4.69) is 16.9 Å². The first-order valence-corrected chi connectivity index (χ1v) is 6.75. The van der Waals surface area contributed by atoms with E-state index in [1.807, 2.05) is 11.9 Å². The zero-order valence-corrected chi connectivity index (χ0v) is 12.3. The van der Waals surface area contributed by atoms with Gasteiger partial charge in [-0.1, -0.05) is 0 Å². The van der Waals surface area contributed by atoms with Crippen LogP contribution in [0.1, 0.15) is 16.9 Å². The van der Waals surface area contributed by atoms with Crippen LogP contribution in [0, 0.1) is 5.92 Å². The number of carbonyl (C=O) groups excluding carboxylic acids is 1. The smallest absolute Gasteiger partial charge is 0.356 e. The van der Waals surface area contributed by atoms with E-state index >= 15 is 0 Å². The standard InChI is InChI=1S/C14H22N4O2/c1-17-7-6-10(8-17)9-18(2)13-11(15)4-5-12(16-13)14(19)20-3/h4-5,10H,6-9,15H2,1-3H3.